The molecule has 0 aromatic carbocycles. The summed E-state index contributed by atoms with van der Waals surface area (Å²) in [6.45, 7) is 1.10. The summed E-state index contributed by atoms with van der Waals surface area (Å²) in [5.74, 6) is -4.06. The van der Waals surface area contributed by atoms with Crippen molar-refractivity contribution in [2.75, 3.05) is 0 Å². The molecule has 0 bridgehead atoms. The number of hydrogen-bond acceptors (Lipinski definition) is 6. The van der Waals surface area contributed by atoms with Gasteiger partial charge < -0.3 is 19.8 Å². The van der Waals surface area contributed by atoms with Gasteiger partial charge in [-0.05, 0) is 6.42 Å². The van der Waals surface area contributed by atoms with Crippen LogP contribution in [-0.2, 0) is 19.7 Å². The summed E-state index contributed by atoms with van der Waals surface area (Å²) in [4.78, 5) is 20.6. The smallest absolute Gasteiger partial charge is 0.550 e. The summed E-state index contributed by atoms with van der Waals surface area (Å²) in [5.41, 5.74) is 0. The van der Waals surface area contributed by atoms with Gasteiger partial charge in [-0.3, -0.25) is 4.55 Å². The first-order chi connectivity index (χ1) is 6.17. The molecule has 0 aliphatic rings. The third kappa shape index (κ3) is 5.01. The topological polar surface area (TPSA) is 135 Å². The van der Waals surface area contributed by atoms with Crippen molar-refractivity contribution in [2.24, 2.45) is 0 Å². The van der Waals surface area contributed by atoms with Crippen LogP contribution in [0.15, 0.2) is 0 Å². The molecule has 1 N–H and O–H groups in total. The molecule has 0 spiro atoms. The molecule has 0 aromatic heterocycles. The Labute approximate surface area is 137 Å². The van der Waals surface area contributed by atoms with Gasteiger partial charge in [-0.2, -0.15) is 8.42 Å². The van der Waals surface area contributed by atoms with Crippen molar-refractivity contribution in [2.45, 2.75) is 24.5 Å². The van der Waals surface area contributed by atoms with Gasteiger partial charge in [0, 0.05) is 12.4 Å². The minimum atomic E-state index is -5.05. The minimum Gasteiger partial charge on any atom is -0.550 e. The van der Waals surface area contributed by atoms with Crippen LogP contribution in [-0.4, -0.2) is 29.7 Å². The summed E-state index contributed by atoms with van der Waals surface area (Å²) in [6, 6.07) is 0. The molecule has 0 saturated carbocycles. The first-order valence-electron chi connectivity index (χ1n) is 3.55. The van der Waals surface area contributed by atoms with E-state index in [2.05, 4.69) is 0 Å². The van der Waals surface area contributed by atoms with Gasteiger partial charge in [0.05, 0.1) is 5.97 Å². The van der Waals surface area contributed by atoms with Gasteiger partial charge >= 0.3 is 59.1 Å². The fraction of sp³-hybridized carbons (Fsp3) is 0.667. The van der Waals surface area contributed by atoms with Crippen molar-refractivity contribution in [3.8, 4) is 0 Å². The van der Waals surface area contributed by atoms with Crippen LogP contribution in [0, 0.1) is 0 Å². The number of carbonyl (C=O) groups is 2. The maximum atomic E-state index is 10.7. The number of hydrogen-bond donors (Lipinski definition) is 1. The average Bonchev–Trinajstić information content (AvgIpc) is 1.96. The zero-order valence-electron chi connectivity index (χ0n) is 9.22. The standard InChI is InChI=1S/C6H10O7S.2Na/c1-2-6(5(9)10,3-4(7)8)14(11,12)13;;/h2-3H2,1H3,(H,7,8)(H,9,10)(H,11,12,13);;/q;2*+1/p-2. The molecule has 1 unspecified atom stereocenters. The molecule has 0 fully saturated rings. The van der Waals surface area contributed by atoms with E-state index in [1.165, 1.54) is 0 Å². The van der Waals surface area contributed by atoms with Crippen LogP contribution in [0.3, 0.4) is 0 Å². The van der Waals surface area contributed by atoms with E-state index in [1.807, 2.05) is 0 Å². The monoisotopic (exact) mass is 270 g/mol. The van der Waals surface area contributed by atoms with Crippen LogP contribution < -0.4 is 69.3 Å². The largest absolute Gasteiger partial charge is 1.00 e. The van der Waals surface area contributed by atoms with E-state index in [9.17, 15) is 28.2 Å². The van der Waals surface area contributed by atoms with Crippen molar-refractivity contribution in [3.63, 3.8) is 0 Å². The number of carboxylic acid groups (broad SMARTS) is 2. The molecule has 7 nitrogen and oxygen atoms in total. The maximum absolute atomic E-state index is 10.7. The van der Waals surface area contributed by atoms with Crippen molar-refractivity contribution in [1.29, 1.82) is 0 Å². The molecular weight excluding hydrogens is 262 g/mol. The third-order valence-corrected chi connectivity index (χ3v) is 3.45. The van der Waals surface area contributed by atoms with E-state index in [-0.39, 0.29) is 59.1 Å². The molecule has 0 saturated heterocycles. The van der Waals surface area contributed by atoms with E-state index in [0.717, 1.165) is 6.92 Å². The van der Waals surface area contributed by atoms with Crippen LogP contribution in [0.5, 0.6) is 0 Å². The molecular formula is C6H8Na2O7S. The Morgan fingerprint density at radius 1 is 1.25 bits per heavy atom. The second kappa shape index (κ2) is 8.04. The second-order valence-corrected chi connectivity index (χ2v) is 4.39. The van der Waals surface area contributed by atoms with Gasteiger partial charge in [0.1, 0.15) is 4.75 Å². The van der Waals surface area contributed by atoms with Crippen molar-refractivity contribution >= 4 is 22.1 Å². The Hall–Kier alpha value is 0.850. The summed E-state index contributed by atoms with van der Waals surface area (Å²) < 4.78 is 27.2. The normalized spacial score (nSPS) is 13.9. The molecule has 82 valence electrons. The number of carboxylic acids is 2. The Morgan fingerprint density at radius 2 is 1.62 bits per heavy atom. The number of rotatable bonds is 5. The molecule has 0 radical (unpaired) electrons. The zero-order valence-corrected chi connectivity index (χ0v) is 14.0. The van der Waals surface area contributed by atoms with E-state index in [4.69, 9.17) is 4.55 Å². The van der Waals surface area contributed by atoms with Crippen LogP contribution >= 0.6 is 0 Å². The SMILES string of the molecule is CCC(CC(=O)[O-])(C(=O)[O-])S(=O)(=O)O.[Na+].[Na+]. The molecule has 1 atom stereocenters. The van der Waals surface area contributed by atoms with Crippen LogP contribution in [0.25, 0.3) is 0 Å². The summed E-state index contributed by atoms with van der Waals surface area (Å²) >= 11 is 0. The fourth-order valence-corrected chi connectivity index (χ4v) is 1.83. The van der Waals surface area contributed by atoms with Crippen LogP contribution in [0.4, 0.5) is 0 Å². The van der Waals surface area contributed by atoms with Gasteiger partial charge in [0.2, 0.25) is 0 Å². The molecule has 16 heavy (non-hydrogen) atoms. The second-order valence-electron chi connectivity index (χ2n) is 2.66. The van der Waals surface area contributed by atoms with Crippen LogP contribution in [0.1, 0.15) is 19.8 Å². The zero-order chi connectivity index (χ0) is 11.6. The quantitative estimate of drug-likeness (QED) is 0.387. The molecule has 0 aliphatic carbocycles. The van der Waals surface area contributed by atoms with Crippen molar-refractivity contribution in [3.05, 3.63) is 0 Å². The molecule has 0 aliphatic heterocycles. The van der Waals surface area contributed by atoms with Gasteiger partial charge in [-0.1, -0.05) is 6.92 Å². The average molecular weight is 270 g/mol. The first-order valence-corrected chi connectivity index (χ1v) is 4.99. The molecule has 10 heteroatoms. The summed E-state index contributed by atoms with van der Waals surface area (Å²) in [7, 11) is -5.05. The third-order valence-electron chi connectivity index (χ3n) is 1.87. The Kier molecular flexibility index (Phi) is 11.1. The Balaban J connectivity index is -0.000000845. The minimum absolute atomic E-state index is 0. The molecule has 0 rings (SSSR count). The van der Waals surface area contributed by atoms with Crippen LogP contribution in [0.2, 0.25) is 0 Å². The number of aliphatic carboxylic acids is 2. The van der Waals surface area contributed by atoms with Crippen molar-refractivity contribution < 1.29 is 91.9 Å². The summed E-state index contributed by atoms with van der Waals surface area (Å²) in [6.07, 6.45) is -1.97. The molecule has 0 aromatic rings. The van der Waals surface area contributed by atoms with Gasteiger partial charge in [-0.25, -0.2) is 0 Å². The van der Waals surface area contributed by atoms with E-state index < -0.39 is 39.6 Å². The molecule has 0 amide bonds. The fourth-order valence-electron chi connectivity index (χ4n) is 0.954. The predicted octanol–water partition coefficient (Wildman–Crippen LogP) is -9.08. The van der Waals surface area contributed by atoms with Gasteiger partial charge in [0.15, 0.2) is 0 Å². The predicted molar refractivity (Wildman–Crippen MR) is 39.2 cm³/mol. The maximum Gasteiger partial charge on any atom is 1.00 e. The molecule has 0 heterocycles. The van der Waals surface area contributed by atoms with Gasteiger partial charge in [0.25, 0.3) is 10.1 Å². The van der Waals surface area contributed by atoms with Crippen molar-refractivity contribution in [1.82, 2.24) is 0 Å². The van der Waals surface area contributed by atoms with E-state index in [0.29, 0.717) is 0 Å². The van der Waals surface area contributed by atoms with Gasteiger partial charge in [-0.15, -0.1) is 0 Å². The summed E-state index contributed by atoms with van der Waals surface area (Å²) in [5, 5.41) is 20.6. The van der Waals surface area contributed by atoms with E-state index >= 15 is 0 Å². The Morgan fingerprint density at radius 3 is 1.69 bits per heavy atom. The first kappa shape index (κ1) is 22.1. The number of carbonyl (C=O) groups excluding carboxylic acids is 2. The van der Waals surface area contributed by atoms with E-state index in [1.54, 1.807) is 0 Å². The Bertz CT molecular complexity index is 352.